The minimum Gasteiger partial charge on any atom is -0.492 e. The van der Waals surface area contributed by atoms with E-state index in [1.54, 1.807) is 6.07 Å². The summed E-state index contributed by atoms with van der Waals surface area (Å²) in [5.41, 5.74) is 0.824. The number of fused-ring (bicyclic) bond motifs is 1. The van der Waals surface area contributed by atoms with Gasteiger partial charge in [-0.1, -0.05) is 18.2 Å². The molecule has 1 heterocycles. The first-order valence-corrected chi connectivity index (χ1v) is 6.33. The van der Waals surface area contributed by atoms with Crippen LogP contribution in [0, 0.1) is 18.6 Å². The van der Waals surface area contributed by atoms with Gasteiger partial charge >= 0.3 is 0 Å². The maximum atomic E-state index is 14.0. The van der Waals surface area contributed by atoms with Crippen LogP contribution in [0.25, 0.3) is 0 Å². The largest absolute Gasteiger partial charge is 0.492 e. The highest BCUT2D eigenvalue weighted by Gasteiger charge is 2.26. The SMILES string of the molecule is Cc1ccc(F)c(C(=O)c2cccc3c2OCC3)c1F. The van der Waals surface area contributed by atoms with Gasteiger partial charge in [0.25, 0.3) is 0 Å². The molecule has 0 amide bonds. The van der Waals surface area contributed by atoms with E-state index in [0.29, 0.717) is 18.8 Å². The minimum atomic E-state index is -0.853. The van der Waals surface area contributed by atoms with Crippen molar-refractivity contribution >= 4 is 5.78 Å². The molecule has 0 aromatic heterocycles. The molecule has 0 spiro atoms. The molecule has 0 atom stereocenters. The second-order valence-electron chi connectivity index (χ2n) is 4.77. The Morgan fingerprint density at radius 2 is 2.00 bits per heavy atom. The third-order valence-corrected chi connectivity index (χ3v) is 3.47. The van der Waals surface area contributed by atoms with Crippen LogP contribution in [0.15, 0.2) is 30.3 Å². The van der Waals surface area contributed by atoms with Crippen LogP contribution in [0.2, 0.25) is 0 Å². The van der Waals surface area contributed by atoms with Crippen molar-refractivity contribution in [3.8, 4) is 5.75 Å². The summed E-state index contributed by atoms with van der Waals surface area (Å²) in [6, 6.07) is 7.51. The molecule has 0 unspecified atom stereocenters. The van der Waals surface area contributed by atoms with Gasteiger partial charge in [-0.15, -0.1) is 0 Å². The number of rotatable bonds is 2. The number of hydrogen-bond acceptors (Lipinski definition) is 2. The molecule has 2 nitrogen and oxygen atoms in total. The monoisotopic (exact) mass is 274 g/mol. The molecule has 0 saturated heterocycles. The summed E-state index contributed by atoms with van der Waals surface area (Å²) < 4.78 is 33.3. The van der Waals surface area contributed by atoms with Gasteiger partial charge < -0.3 is 4.74 Å². The molecule has 1 aliphatic rings. The van der Waals surface area contributed by atoms with E-state index in [9.17, 15) is 13.6 Å². The molecule has 4 heteroatoms. The Morgan fingerprint density at radius 1 is 1.20 bits per heavy atom. The summed E-state index contributed by atoms with van der Waals surface area (Å²) in [4.78, 5) is 12.4. The van der Waals surface area contributed by atoms with Crippen LogP contribution >= 0.6 is 0 Å². The van der Waals surface area contributed by atoms with Crippen molar-refractivity contribution in [3.63, 3.8) is 0 Å². The number of carbonyl (C=O) groups excluding carboxylic acids is 1. The van der Waals surface area contributed by atoms with E-state index in [1.165, 1.54) is 19.1 Å². The number of hydrogen-bond donors (Lipinski definition) is 0. The summed E-state index contributed by atoms with van der Waals surface area (Å²) in [6.45, 7) is 1.98. The number of ketones is 1. The summed E-state index contributed by atoms with van der Waals surface area (Å²) in [6.07, 6.45) is 0.704. The molecule has 2 aromatic carbocycles. The number of carbonyl (C=O) groups is 1. The standard InChI is InChI=1S/C16H12F2O2/c1-9-5-6-12(17)13(14(9)18)15(19)11-4-2-3-10-7-8-20-16(10)11/h2-6H,7-8H2,1H3. The number of ether oxygens (including phenoxy) is 1. The summed E-state index contributed by atoms with van der Waals surface area (Å²) >= 11 is 0. The molecule has 2 aromatic rings. The lowest BCUT2D eigenvalue weighted by molar-refractivity contribution is 0.102. The van der Waals surface area contributed by atoms with Crippen molar-refractivity contribution in [2.45, 2.75) is 13.3 Å². The Balaban J connectivity index is 2.16. The molecule has 20 heavy (non-hydrogen) atoms. The van der Waals surface area contributed by atoms with Gasteiger partial charge in [-0.25, -0.2) is 8.78 Å². The van der Waals surface area contributed by atoms with E-state index in [4.69, 9.17) is 4.74 Å². The van der Waals surface area contributed by atoms with Crippen LogP contribution < -0.4 is 4.74 Å². The summed E-state index contributed by atoms with van der Waals surface area (Å²) in [5, 5.41) is 0. The highest BCUT2D eigenvalue weighted by atomic mass is 19.1. The maximum absolute atomic E-state index is 14.0. The van der Waals surface area contributed by atoms with Crippen molar-refractivity contribution in [2.75, 3.05) is 6.61 Å². The first-order chi connectivity index (χ1) is 9.59. The van der Waals surface area contributed by atoms with Gasteiger partial charge in [0, 0.05) is 6.42 Å². The fraction of sp³-hybridized carbons (Fsp3) is 0.188. The average molecular weight is 274 g/mol. The quantitative estimate of drug-likeness (QED) is 0.784. The van der Waals surface area contributed by atoms with Gasteiger partial charge in [0.15, 0.2) is 0 Å². The lowest BCUT2D eigenvalue weighted by Crippen LogP contribution is -2.10. The van der Waals surface area contributed by atoms with Crippen molar-refractivity contribution < 1.29 is 18.3 Å². The smallest absolute Gasteiger partial charge is 0.202 e. The Bertz CT molecular complexity index is 708. The Hall–Kier alpha value is -2.23. The highest BCUT2D eigenvalue weighted by Crippen LogP contribution is 2.32. The molecule has 0 N–H and O–H groups in total. The van der Waals surface area contributed by atoms with Crippen LogP contribution in [0.4, 0.5) is 8.78 Å². The number of aryl methyl sites for hydroxylation is 1. The topological polar surface area (TPSA) is 26.3 Å². The molecular weight excluding hydrogens is 262 g/mol. The molecule has 3 rings (SSSR count). The average Bonchev–Trinajstić information content (AvgIpc) is 2.91. The number of benzene rings is 2. The van der Waals surface area contributed by atoms with Crippen LogP contribution in [0.5, 0.6) is 5.75 Å². The molecule has 102 valence electrons. The van der Waals surface area contributed by atoms with Crippen molar-refractivity contribution in [2.24, 2.45) is 0 Å². The maximum Gasteiger partial charge on any atom is 0.202 e. The Labute approximate surface area is 115 Å². The van der Waals surface area contributed by atoms with E-state index in [-0.39, 0.29) is 11.1 Å². The van der Waals surface area contributed by atoms with E-state index >= 15 is 0 Å². The third-order valence-electron chi connectivity index (χ3n) is 3.47. The first-order valence-electron chi connectivity index (χ1n) is 6.33. The normalized spacial score (nSPS) is 12.9. The first kappa shape index (κ1) is 12.8. The van der Waals surface area contributed by atoms with E-state index < -0.39 is 23.0 Å². The molecule has 0 bridgehead atoms. The predicted octanol–water partition coefficient (Wildman–Crippen LogP) is 3.44. The van der Waals surface area contributed by atoms with E-state index in [0.717, 1.165) is 11.6 Å². The lowest BCUT2D eigenvalue weighted by Gasteiger charge is -2.09. The fourth-order valence-electron chi connectivity index (χ4n) is 2.39. The molecular formula is C16H12F2O2. The lowest BCUT2D eigenvalue weighted by atomic mass is 9.97. The van der Waals surface area contributed by atoms with Gasteiger partial charge in [0.05, 0.1) is 17.7 Å². The summed E-state index contributed by atoms with van der Waals surface area (Å²) in [7, 11) is 0. The fourth-order valence-corrected chi connectivity index (χ4v) is 2.39. The van der Waals surface area contributed by atoms with Crippen LogP contribution in [0.1, 0.15) is 27.0 Å². The van der Waals surface area contributed by atoms with Crippen LogP contribution in [-0.4, -0.2) is 12.4 Å². The van der Waals surface area contributed by atoms with E-state index in [1.807, 2.05) is 6.07 Å². The zero-order valence-corrected chi connectivity index (χ0v) is 10.9. The van der Waals surface area contributed by atoms with Crippen LogP contribution in [0.3, 0.4) is 0 Å². The molecule has 0 fully saturated rings. The zero-order valence-electron chi connectivity index (χ0n) is 10.9. The van der Waals surface area contributed by atoms with E-state index in [2.05, 4.69) is 0 Å². The van der Waals surface area contributed by atoms with Crippen LogP contribution in [-0.2, 0) is 6.42 Å². The third kappa shape index (κ3) is 1.88. The van der Waals surface area contributed by atoms with Crippen molar-refractivity contribution in [1.29, 1.82) is 0 Å². The van der Waals surface area contributed by atoms with Gasteiger partial charge in [-0.05, 0) is 30.2 Å². The van der Waals surface area contributed by atoms with Gasteiger partial charge in [-0.3, -0.25) is 4.79 Å². The summed E-state index contributed by atoms with van der Waals surface area (Å²) in [5.74, 6) is -1.90. The van der Waals surface area contributed by atoms with Gasteiger partial charge in [0.2, 0.25) is 5.78 Å². The highest BCUT2D eigenvalue weighted by molar-refractivity contribution is 6.11. The van der Waals surface area contributed by atoms with Gasteiger partial charge in [0.1, 0.15) is 17.4 Å². The molecule has 0 saturated carbocycles. The Kier molecular flexibility index (Phi) is 3.01. The Morgan fingerprint density at radius 3 is 2.80 bits per heavy atom. The second-order valence-corrected chi connectivity index (χ2v) is 4.77. The number of para-hydroxylation sites is 1. The minimum absolute atomic E-state index is 0.211. The zero-order chi connectivity index (χ0) is 14.3. The van der Waals surface area contributed by atoms with Crippen molar-refractivity contribution in [3.05, 3.63) is 64.2 Å². The van der Waals surface area contributed by atoms with Crippen molar-refractivity contribution in [1.82, 2.24) is 0 Å². The number of halogens is 2. The predicted molar refractivity (Wildman–Crippen MR) is 70.2 cm³/mol. The molecule has 0 radical (unpaired) electrons. The van der Waals surface area contributed by atoms with Gasteiger partial charge in [-0.2, -0.15) is 0 Å². The molecule has 1 aliphatic heterocycles. The molecule has 0 aliphatic carbocycles. The second kappa shape index (κ2) is 4.71.